The molecule has 2 aliphatic rings. The average molecular weight is 448 g/mol. The SMILES string of the molecule is CN1C(c2cccc(C(F)(F)F)c2)C(c2ccnc(Nc3ccccc3)n2)=C2C=CC=NN21. The Balaban J connectivity index is 1.60. The van der Waals surface area contributed by atoms with Crippen LogP contribution in [0.3, 0.4) is 0 Å². The number of hydrazine groups is 1. The summed E-state index contributed by atoms with van der Waals surface area (Å²) in [5, 5.41) is 11.0. The minimum Gasteiger partial charge on any atom is -0.324 e. The van der Waals surface area contributed by atoms with Gasteiger partial charge >= 0.3 is 6.18 Å². The number of rotatable bonds is 4. The van der Waals surface area contributed by atoms with Crippen molar-refractivity contribution < 1.29 is 13.2 Å². The molecule has 1 N–H and O–H groups in total. The molecule has 0 bridgehead atoms. The Hall–Kier alpha value is -3.98. The lowest BCUT2D eigenvalue weighted by Gasteiger charge is -2.29. The van der Waals surface area contributed by atoms with Gasteiger partial charge in [0, 0.05) is 30.7 Å². The molecule has 3 heterocycles. The summed E-state index contributed by atoms with van der Waals surface area (Å²) in [6.45, 7) is 0. The first-order valence-electron chi connectivity index (χ1n) is 10.2. The van der Waals surface area contributed by atoms with Gasteiger partial charge in [0.05, 0.1) is 23.0 Å². The number of nitrogens with one attached hydrogen (secondary N) is 1. The molecule has 0 aliphatic carbocycles. The predicted molar refractivity (Wildman–Crippen MR) is 120 cm³/mol. The number of para-hydroxylation sites is 1. The van der Waals surface area contributed by atoms with Gasteiger partial charge in [0.25, 0.3) is 0 Å². The summed E-state index contributed by atoms with van der Waals surface area (Å²) in [5.41, 5.74) is 2.70. The standard InChI is InChI=1S/C24H19F3N6/c1-32-22(16-7-5-8-17(15-16)24(25,26)27)21(20-11-6-13-29-33(20)32)19-12-14-28-23(31-19)30-18-9-3-2-4-10-18/h2-15,22H,1H3,(H,28,30,31). The number of hydrogen-bond acceptors (Lipinski definition) is 6. The molecule has 3 aromatic rings. The van der Waals surface area contributed by atoms with E-state index in [1.807, 2.05) is 36.4 Å². The lowest BCUT2D eigenvalue weighted by molar-refractivity contribution is -0.137. The van der Waals surface area contributed by atoms with Gasteiger partial charge in [0.1, 0.15) is 0 Å². The molecule has 1 atom stereocenters. The second-order valence-corrected chi connectivity index (χ2v) is 7.57. The Morgan fingerprint density at radius 2 is 1.82 bits per heavy atom. The van der Waals surface area contributed by atoms with Gasteiger partial charge in [-0.05, 0) is 48.0 Å². The molecule has 2 aromatic carbocycles. The number of nitrogens with zero attached hydrogens (tertiary/aromatic N) is 5. The summed E-state index contributed by atoms with van der Waals surface area (Å²) in [5.74, 6) is 0.388. The second kappa shape index (κ2) is 8.18. The lowest BCUT2D eigenvalue weighted by Crippen LogP contribution is -2.32. The van der Waals surface area contributed by atoms with Crippen LogP contribution in [0.2, 0.25) is 0 Å². The van der Waals surface area contributed by atoms with Crippen molar-refractivity contribution in [3.8, 4) is 0 Å². The summed E-state index contributed by atoms with van der Waals surface area (Å²) < 4.78 is 40.3. The van der Waals surface area contributed by atoms with Crippen molar-refractivity contribution in [2.75, 3.05) is 12.4 Å². The van der Waals surface area contributed by atoms with E-state index in [2.05, 4.69) is 20.4 Å². The number of hydrogen-bond donors (Lipinski definition) is 1. The Kier molecular flexibility index (Phi) is 5.18. The van der Waals surface area contributed by atoms with E-state index < -0.39 is 17.8 Å². The molecule has 0 saturated carbocycles. The van der Waals surface area contributed by atoms with E-state index in [1.54, 1.807) is 47.8 Å². The minimum atomic E-state index is -4.44. The van der Waals surface area contributed by atoms with Gasteiger partial charge < -0.3 is 5.32 Å². The number of benzene rings is 2. The molecule has 1 unspecified atom stereocenters. The van der Waals surface area contributed by atoms with E-state index in [0.717, 1.165) is 23.0 Å². The fourth-order valence-electron chi connectivity index (χ4n) is 4.01. The highest BCUT2D eigenvalue weighted by atomic mass is 19.4. The molecule has 5 rings (SSSR count). The topological polar surface area (TPSA) is 56.7 Å². The highest BCUT2D eigenvalue weighted by Crippen LogP contribution is 2.46. The molecule has 0 fully saturated rings. The van der Waals surface area contributed by atoms with Crippen molar-refractivity contribution >= 4 is 23.4 Å². The normalized spacial score (nSPS) is 18.1. The third kappa shape index (κ3) is 3.98. The van der Waals surface area contributed by atoms with Gasteiger partial charge in [-0.1, -0.05) is 30.3 Å². The van der Waals surface area contributed by atoms with Crippen LogP contribution in [0.25, 0.3) is 5.57 Å². The molecule has 6 nitrogen and oxygen atoms in total. The Morgan fingerprint density at radius 1 is 1.00 bits per heavy atom. The first-order chi connectivity index (χ1) is 15.9. The fourth-order valence-corrected chi connectivity index (χ4v) is 4.01. The van der Waals surface area contributed by atoms with Crippen LogP contribution in [0.5, 0.6) is 0 Å². The molecule has 0 radical (unpaired) electrons. The quantitative estimate of drug-likeness (QED) is 0.579. The number of fused-ring (bicyclic) bond motifs is 1. The second-order valence-electron chi connectivity index (χ2n) is 7.57. The maximum atomic E-state index is 13.4. The highest BCUT2D eigenvalue weighted by molar-refractivity contribution is 5.81. The van der Waals surface area contributed by atoms with Gasteiger partial charge in [0.2, 0.25) is 5.95 Å². The van der Waals surface area contributed by atoms with E-state index in [4.69, 9.17) is 0 Å². The number of halogens is 3. The fraction of sp³-hybridized carbons (Fsp3) is 0.125. The van der Waals surface area contributed by atoms with Crippen LogP contribution >= 0.6 is 0 Å². The smallest absolute Gasteiger partial charge is 0.324 e. The van der Waals surface area contributed by atoms with Crippen LogP contribution in [0.4, 0.5) is 24.8 Å². The first kappa shape index (κ1) is 20.9. The molecule has 9 heteroatoms. The molecular weight excluding hydrogens is 429 g/mol. The van der Waals surface area contributed by atoms with E-state index in [1.165, 1.54) is 12.1 Å². The van der Waals surface area contributed by atoms with Crippen LogP contribution in [0, 0.1) is 0 Å². The molecule has 0 saturated heterocycles. The third-order valence-electron chi connectivity index (χ3n) is 5.44. The van der Waals surface area contributed by atoms with Crippen molar-refractivity contribution in [2.24, 2.45) is 5.10 Å². The zero-order valence-electron chi connectivity index (χ0n) is 17.5. The van der Waals surface area contributed by atoms with Crippen LogP contribution in [-0.2, 0) is 6.18 Å². The van der Waals surface area contributed by atoms with Gasteiger partial charge in [0.15, 0.2) is 0 Å². The molecule has 0 amide bonds. The molecule has 0 spiro atoms. The van der Waals surface area contributed by atoms with Crippen molar-refractivity contribution in [2.45, 2.75) is 12.2 Å². The predicted octanol–water partition coefficient (Wildman–Crippen LogP) is 5.41. The number of likely N-dealkylation sites (N-methyl/N-ethyl adjacent to an activating group) is 1. The molecule has 1 aromatic heterocycles. The third-order valence-corrected chi connectivity index (χ3v) is 5.44. The number of anilines is 2. The van der Waals surface area contributed by atoms with Crippen LogP contribution in [0.15, 0.2) is 89.8 Å². The summed E-state index contributed by atoms with van der Waals surface area (Å²) in [6.07, 6.45) is 2.49. The van der Waals surface area contributed by atoms with E-state index in [0.29, 0.717) is 17.2 Å². The average Bonchev–Trinajstić information content (AvgIpc) is 3.12. The Labute approximate surface area is 188 Å². The zero-order chi connectivity index (χ0) is 23.0. The summed E-state index contributed by atoms with van der Waals surface area (Å²) in [7, 11) is 1.79. The first-order valence-corrected chi connectivity index (χ1v) is 10.2. The molecule has 2 aliphatic heterocycles. The van der Waals surface area contributed by atoms with Crippen molar-refractivity contribution in [3.63, 3.8) is 0 Å². The zero-order valence-corrected chi connectivity index (χ0v) is 17.5. The van der Waals surface area contributed by atoms with E-state index >= 15 is 0 Å². The summed E-state index contributed by atoms with van der Waals surface area (Å²) in [6, 6.07) is 16.1. The van der Waals surface area contributed by atoms with Crippen LogP contribution < -0.4 is 5.32 Å². The van der Waals surface area contributed by atoms with Crippen molar-refractivity contribution in [3.05, 3.63) is 102 Å². The summed E-state index contributed by atoms with van der Waals surface area (Å²) in [4.78, 5) is 8.99. The molecule has 33 heavy (non-hydrogen) atoms. The van der Waals surface area contributed by atoms with E-state index in [9.17, 15) is 13.2 Å². The van der Waals surface area contributed by atoms with Gasteiger partial charge in [-0.3, -0.25) is 0 Å². The van der Waals surface area contributed by atoms with Crippen molar-refractivity contribution in [1.82, 2.24) is 20.1 Å². The summed E-state index contributed by atoms with van der Waals surface area (Å²) >= 11 is 0. The number of aromatic nitrogens is 2. The number of alkyl halides is 3. The maximum Gasteiger partial charge on any atom is 0.416 e. The Morgan fingerprint density at radius 3 is 2.61 bits per heavy atom. The monoisotopic (exact) mass is 448 g/mol. The van der Waals surface area contributed by atoms with E-state index in [-0.39, 0.29) is 0 Å². The van der Waals surface area contributed by atoms with Crippen LogP contribution in [0.1, 0.15) is 22.9 Å². The Bertz CT molecular complexity index is 1270. The van der Waals surface area contributed by atoms with Crippen LogP contribution in [-0.4, -0.2) is 33.4 Å². The highest BCUT2D eigenvalue weighted by Gasteiger charge is 2.40. The largest absolute Gasteiger partial charge is 0.416 e. The van der Waals surface area contributed by atoms with Gasteiger partial charge in [-0.25, -0.2) is 9.97 Å². The molecular formula is C24H19F3N6. The maximum absolute atomic E-state index is 13.4. The van der Waals surface area contributed by atoms with Gasteiger partial charge in [-0.15, -0.1) is 0 Å². The molecule has 166 valence electrons. The minimum absolute atomic E-state index is 0.388. The van der Waals surface area contributed by atoms with Gasteiger partial charge in [-0.2, -0.15) is 28.4 Å². The van der Waals surface area contributed by atoms with Crippen molar-refractivity contribution in [1.29, 1.82) is 0 Å². The lowest BCUT2D eigenvalue weighted by atomic mass is 9.94. The number of allylic oxidation sites excluding steroid dienone is 2. The number of hydrazone groups is 1.